The lowest BCUT2D eigenvalue weighted by molar-refractivity contribution is -0.385. The standard InChI is InChI=1S/C22H26N3O6P/c1-3-4-21(26)17-5-8-19(9-6-17)30-22-15-18(7-10-20(22)25(27)28)16(2)31-32(29,23-11-12-23)24-13-14-24/h5-10,15-16H,3-4,11-14H2,1-2H3. The van der Waals surface area contributed by atoms with Crippen LogP contribution in [0.1, 0.15) is 48.7 Å². The lowest BCUT2D eigenvalue weighted by Crippen LogP contribution is -2.10. The first-order chi connectivity index (χ1) is 15.3. The molecular weight excluding hydrogens is 433 g/mol. The molecule has 4 rings (SSSR count). The van der Waals surface area contributed by atoms with Crippen molar-refractivity contribution in [3.63, 3.8) is 0 Å². The highest BCUT2D eigenvalue weighted by molar-refractivity contribution is 7.54. The molecule has 2 heterocycles. The van der Waals surface area contributed by atoms with Gasteiger partial charge < -0.3 is 4.74 Å². The summed E-state index contributed by atoms with van der Waals surface area (Å²) in [6, 6.07) is 11.1. The van der Waals surface area contributed by atoms with Crippen molar-refractivity contribution in [1.29, 1.82) is 0 Å². The van der Waals surface area contributed by atoms with Gasteiger partial charge in [0.25, 0.3) is 0 Å². The molecule has 0 aliphatic carbocycles. The van der Waals surface area contributed by atoms with Crippen LogP contribution in [0.2, 0.25) is 0 Å². The van der Waals surface area contributed by atoms with Crippen molar-refractivity contribution in [3.8, 4) is 11.5 Å². The topological polar surface area (TPSA) is 102 Å². The molecule has 0 spiro atoms. The van der Waals surface area contributed by atoms with E-state index in [1.54, 1.807) is 43.3 Å². The van der Waals surface area contributed by atoms with Gasteiger partial charge in [0.2, 0.25) is 5.75 Å². The van der Waals surface area contributed by atoms with Crippen LogP contribution < -0.4 is 4.74 Å². The first-order valence-electron chi connectivity index (χ1n) is 10.7. The van der Waals surface area contributed by atoms with Crippen LogP contribution in [0.3, 0.4) is 0 Å². The second-order valence-corrected chi connectivity index (χ2v) is 10.3. The van der Waals surface area contributed by atoms with Crippen LogP contribution in [-0.2, 0) is 9.09 Å². The molecule has 2 aliphatic rings. The van der Waals surface area contributed by atoms with Crippen molar-refractivity contribution in [2.24, 2.45) is 0 Å². The van der Waals surface area contributed by atoms with Crippen LogP contribution in [0.15, 0.2) is 42.5 Å². The van der Waals surface area contributed by atoms with Crippen molar-refractivity contribution >= 4 is 19.1 Å². The molecule has 0 radical (unpaired) electrons. The highest BCUT2D eigenvalue weighted by Crippen LogP contribution is 2.63. The smallest absolute Gasteiger partial charge is 0.346 e. The Hall–Kier alpha value is -2.58. The maximum atomic E-state index is 13.3. The minimum absolute atomic E-state index is 0.0419. The Balaban J connectivity index is 1.55. The lowest BCUT2D eigenvalue weighted by Gasteiger charge is -2.24. The minimum atomic E-state index is -3.04. The van der Waals surface area contributed by atoms with E-state index >= 15 is 0 Å². The van der Waals surface area contributed by atoms with E-state index in [1.165, 1.54) is 6.07 Å². The molecular formula is C22H26N3O6P. The summed E-state index contributed by atoms with van der Waals surface area (Å²) in [5.41, 5.74) is 1.02. The maximum Gasteiger partial charge on any atom is 0.346 e. The van der Waals surface area contributed by atoms with Crippen molar-refractivity contribution in [3.05, 3.63) is 63.7 Å². The first kappa shape index (κ1) is 22.6. The normalized spacial score (nSPS) is 17.1. The number of benzene rings is 2. The number of Topliss-reactive ketones (excluding diaryl/α,β-unsaturated/α-hetero) is 1. The van der Waals surface area contributed by atoms with Gasteiger partial charge in [-0.1, -0.05) is 6.92 Å². The van der Waals surface area contributed by atoms with E-state index < -0.39 is 18.7 Å². The van der Waals surface area contributed by atoms with Gasteiger partial charge in [-0.05, 0) is 55.3 Å². The Kier molecular flexibility index (Phi) is 6.44. The van der Waals surface area contributed by atoms with Crippen LogP contribution >= 0.6 is 7.67 Å². The molecule has 1 unspecified atom stereocenters. The Bertz CT molecular complexity index is 1050. The van der Waals surface area contributed by atoms with E-state index in [9.17, 15) is 19.5 Å². The molecule has 0 amide bonds. The molecule has 2 aromatic carbocycles. The average molecular weight is 459 g/mol. The Morgan fingerprint density at radius 3 is 2.28 bits per heavy atom. The molecule has 2 aliphatic heterocycles. The third kappa shape index (κ3) is 4.91. The zero-order chi connectivity index (χ0) is 22.9. The summed E-state index contributed by atoms with van der Waals surface area (Å²) in [6.07, 6.45) is 0.683. The largest absolute Gasteiger partial charge is 0.450 e. The zero-order valence-electron chi connectivity index (χ0n) is 18.1. The van der Waals surface area contributed by atoms with Gasteiger partial charge in [-0.3, -0.25) is 24.0 Å². The molecule has 1 atom stereocenters. The molecule has 0 saturated carbocycles. The van der Waals surface area contributed by atoms with Gasteiger partial charge >= 0.3 is 13.4 Å². The van der Waals surface area contributed by atoms with Crippen molar-refractivity contribution in [1.82, 2.24) is 9.34 Å². The van der Waals surface area contributed by atoms with E-state index in [0.29, 0.717) is 23.3 Å². The molecule has 9 nitrogen and oxygen atoms in total. The second-order valence-electron chi connectivity index (χ2n) is 7.93. The summed E-state index contributed by atoms with van der Waals surface area (Å²) in [5.74, 6) is 0.481. The summed E-state index contributed by atoms with van der Waals surface area (Å²) in [5, 5.41) is 11.5. The number of nitrogens with zero attached hydrogens (tertiary/aromatic N) is 3. The highest BCUT2D eigenvalue weighted by Gasteiger charge is 2.50. The predicted molar refractivity (Wildman–Crippen MR) is 119 cm³/mol. The minimum Gasteiger partial charge on any atom is -0.450 e. The van der Waals surface area contributed by atoms with Crippen LogP contribution in [0.4, 0.5) is 5.69 Å². The summed E-state index contributed by atoms with van der Waals surface area (Å²) >= 11 is 0. The molecule has 32 heavy (non-hydrogen) atoms. The summed E-state index contributed by atoms with van der Waals surface area (Å²) in [7, 11) is -3.04. The third-order valence-electron chi connectivity index (χ3n) is 5.39. The van der Waals surface area contributed by atoms with Gasteiger partial charge in [0.15, 0.2) is 5.78 Å². The quantitative estimate of drug-likeness (QED) is 0.149. The molecule has 170 valence electrons. The Morgan fingerprint density at radius 2 is 1.75 bits per heavy atom. The number of nitro benzene ring substituents is 1. The van der Waals surface area contributed by atoms with Crippen molar-refractivity contribution in [2.45, 2.75) is 32.8 Å². The maximum absolute atomic E-state index is 13.3. The second kappa shape index (κ2) is 9.11. The number of ether oxygens (including phenoxy) is 1. The fourth-order valence-electron chi connectivity index (χ4n) is 3.40. The number of rotatable bonds is 11. The van der Waals surface area contributed by atoms with Crippen LogP contribution in [0.25, 0.3) is 0 Å². The molecule has 2 aromatic rings. The van der Waals surface area contributed by atoms with Gasteiger partial charge in [0.1, 0.15) is 5.75 Å². The van der Waals surface area contributed by atoms with Crippen LogP contribution in [0, 0.1) is 10.1 Å². The monoisotopic (exact) mass is 459 g/mol. The summed E-state index contributed by atoms with van der Waals surface area (Å²) in [6.45, 7) is 6.68. The number of hydrogen-bond acceptors (Lipinski definition) is 6. The zero-order valence-corrected chi connectivity index (χ0v) is 19.0. The van der Waals surface area contributed by atoms with E-state index in [0.717, 1.165) is 32.6 Å². The number of hydrogen-bond donors (Lipinski definition) is 0. The number of ketones is 1. The van der Waals surface area contributed by atoms with Crippen molar-refractivity contribution in [2.75, 3.05) is 26.2 Å². The Labute approximate surface area is 186 Å². The van der Waals surface area contributed by atoms with Crippen LogP contribution in [-0.4, -0.2) is 46.2 Å². The third-order valence-corrected chi connectivity index (χ3v) is 8.21. The molecule has 2 saturated heterocycles. The van der Waals surface area contributed by atoms with Gasteiger partial charge in [-0.15, -0.1) is 0 Å². The molecule has 10 heteroatoms. The van der Waals surface area contributed by atoms with E-state index in [2.05, 4.69) is 0 Å². The summed E-state index contributed by atoms with van der Waals surface area (Å²) < 4.78 is 28.7. The number of nitro groups is 1. The van der Waals surface area contributed by atoms with E-state index in [4.69, 9.17) is 9.26 Å². The highest BCUT2D eigenvalue weighted by atomic mass is 31.2. The molecule has 2 fully saturated rings. The molecule has 0 N–H and O–H groups in total. The van der Waals surface area contributed by atoms with Crippen molar-refractivity contribution < 1.29 is 23.5 Å². The van der Waals surface area contributed by atoms with Gasteiger partial charge in [0, 0.05) is 44.2 Å². The van der Waals surface area contributed by atoms with Gasteiger partial charge in [-0.2, -0.15) is 0 Å². The average Bonchev–Trinajstić information content (AvgIpc) is 3.65. The fraction of sp³-hybridized carbons (Fsp3) is 0.409. The first-order valence-corrected chi connectivity index (χ1v) is 12.2. The predicted octanol–water partition coefficient (Wildman–Crippen LogP) is 5.19. The fourth-order valence-corrected chi connectivity index (χ4v) is 5.75. The molecule has 0 aromatic heterocycles. The van der Waals surface area contributed by atoms with Gasteiger partial charge in [0.05, 0.1) is 11.0 Å². The molecule has 0 bridgehead atoms. The van der Waals surface area contributed by atoms with E-state index in [1.807, 2.05) is 16.3 Å². The SMILES string of the molecule is CCCC(=O)c1ccc(Oc2cc(C(C)OP(=O)(N3CC3)N3CC3)ccc2[N+](=O)[O-])cc1. The summed E-state index contributed by atoms with van der Waals surface area (Å²) in [4.78, 5) is 23.0. The number of carbonyl (C=O) groups is 1. The number of carbonyl (C=O) groups excluding carboxylic acids is 1. The van der Waals surface area contributed by atoms with Gasteiger partial charge in [-0.25, -0.2) is 9.34 Å². The lowest BCUT2D eigenvalue weighted by atomic mass is 10.1. The van der Waals surface area contributed by atoms with Crippen LogP contribution in [0.5, 0.6) is 11.5 Å². The Morgan fingerprint density at radius 1 is 1.12 bits per heavy atom. The van der Waals surface area contributed by atoms with E-state index in [-0.39, 0.29) is 17.2 Å².